The first-order valence-electron chi connectivity index (χ1n) is 13.2. The number of nitrogen functional groups attached to an aromatic ring is 1. The summed E-state index contributed by atoms with van der Waals surface area (Å²) >= 11 is 0. The van der Waals surface area contributed by atoms with Gasteiger partial charge in [-0.3, -0.25) is 18.8 Å². The van der Waals surface area contributed by atoms with E-state index in [1.165, 1.54) is 10.6 Å². The standard InChI is InChI=1S/C29H27FN8O3/c1-3-24(39)41-15-21-20(26-34-28(31)36-29(35-26)33-19-13-32-37(2)14-19)5-4-6-23(21)38-10-9-17-11-18(16-7-8-16)12-22(30)25(17)27(38)40/h4-6,9-14,16H,3,7-8,15H2,1-2H3,(H3,31,33,34,35,36). The summed E-state index contributed by atoms with van der Waals surface area (Å²) in [4.78, 5) is 38.9. The fourth-order valence-corrected chi connectivity index (χ4v) is 4.79. The number of nitrogens with zero attached hydrogens (tertiary/aromatic N) is 6. The molecule has 3 aromatic heterocycles. The number of carbonyl (C=O) groups is 1. The number of halogens is 1. The van der Waals surface area contributed by atoms with Crippen LogP contribution in [0.25, 0.3) is 27.8 Å². The summed E-state index contributed by atoms with van der Waals surface area (Å²) in [5.41, 5.74) is 8.36. The minimum absolute atomic E-state index is 0.00818. The monoisotopic (exact) mass is 554 g/mol. The number of aromatic nitrogens is 6. The number of pyridine rings is 1. The summed E-state index contributed by atoms with van der Waals surface area (Å²) in [6, 6.07) is 10.2. The number of hydrogen-bond acceptors (Lipinski definition) is 9. The van der Waals surface area contributed by atoms with Crippen molar-refractivity contribution in [3.8, 4) is 17.1 Å². The molecule has 3 N–H and O–H groups in total. The molecule has 0 saturated heterocycles. The van der Waals surface area contributed by atoms with Crippen molar-refractivity contribution in [2.75, 3.05) is 11.1 Å². The lowest BCUT2D eigenvalue weighted by Crippen LogP contribution is -2.21. The maximum Gasteiger partial charge on any atom is 0.305 e. The van der Waals surface area contributed by atoms with E-state index in [1.54, 1.807) is 61.5 Å². The Balaban J connectivity index is 1.49. The molecule has 41 heavy (non-hydrogen) atoms. The third-order valence-electron chi connectivity index (χ3n) is 6.96. The van der Waals surface area contributed by atoms with E-state index < -0.39 is 17.3 Å². The lowest BCUT2D eigenvalue weighted by atomic mass is 10.0. The van der Waals surface area contributed by atoms with Crippen LogP contribution < -0.4 is 16.6 Å². The van der Waals surface area contributed by atoms with Gasteiger partial charge >= 0.3 is 5.97 Å². The van der Waals surface area contributed by atoms with Crippen LogP contribution in [0.2, 0.25) is 0 Å². The lowest BCUT2D eigenvalue weighted by Gasteiger charge is -2.17. The molecule has 1 saturated carbocycles. The number of esters is 1. The highest BCUT2D eigenvalue weighted by Gasteiger charge is 2.25. The summed E-state index contributed by atoms with van der Waals surface area (Å²) in [6.45, 7) is 1.51. The van der Waals surface area contributed by atoms with Gasteiger partial charge < -0.3 is 15.8 Å². The van der Waals surface area contributed by atoms with E-state index in [9.17, 15) is 9.59 Å². The molecule has 0 amide bonds. The number of hydrogen-bond donors (Lipinski definition) is 2. The molecule has 0 aliphatic heterocycles. The molecule has 5 aromatic rings. The van der Waals surface area contributed by atoms with Gasteiger partial charge in [0.15, 0.2) is 5.82 Å². The highest BCUT2D eigenvalue weighted by atomic mass is 19.1. The topological polar surface area (TPSA) is 143 Å². The summed E-state index contributed by atoms with van der Waals surface area (Å²) in [6.07, 6.45) is 7.16. The van der Waals surface area contributed by atoms with Gasteiger partial charge in [0.05, 0.1) is 23.0 Å². The molecule has 6 rings (SSSR count). The van der Waals surface area contributed by atoms with Crippen LogP contribution in [-0.4, -0.2) is 35.3 Å². The Bertz CT molecular complexity index is 1860. The highest BCUT2D eigenvalue weighted by Crippen LogP contribution is 2.41. The molecule has 1 aliphatic carbocycles. The predicted octanol–water partition coefficient (Wildman–Crippen LogP) is 4.37. The first-order chi connectivity index (χ1) is 19.8. The maximum absolute atomic E-state index is 15.3. The first-order valence-corrected chi connectivity index (χ1v) is 13.2. The number of nitrogens with two attached hydrogens (primary N) is 1. The summed E-state index contributed by atoms with van der Waals surface area (Å²) < 4.78 is 23.7. The van der Waals surface area contributed by atoms with Crippen LogP contribution >= 0.6 is 0 Å². The van der Waals surface area contributed by atoms with Crippen molar-refractivity contribution in [2.24, 2.45) is 7.05 Å². The Kier molecular flexibility index (Phi) is 6.66. The predicted molar refractivity (Wildman–Crippen MR) is 151 cm³/mol. The molecule has 1 aliphatic rings. The molecule has 208 valence electrons. The second-order valence-electron chi connectivity index (χ2n) is 9.92. The van der Waals surface area contributed by atoms with Crippen LogP contribution in [0.4, 0.5) is 22.0 Å². The average Bonchev–Trinajstić information content (AvgIpc) is 3.73. The van der Waals surface area contributed by atoms with Gasteiger partial charge in [-0.05, 0) is 47.9 Å². The van der Waals surface area contributed by atoms with E-state index in [0.29, 0.717) is 33.8 Å². The van der Waals surface area contributed by atoms with E-state index in [0.717, 1.165) is 18.4 Å². The van der Waals surface area contributed by atoms with Crippen molar-refractivity contribution in [1.29, 1.82) is 0 Å². The number of benzene rings is 2. The minimum atomic E-state index is -0.560. The van der Waals surface area contributed by atoms with E-state index in [4.69, 9.17) is 10.5 Å². The molecule has 12 heteroatoms. The molecule has 0 atom stereocenters. The Morgan fingerprint density at radius 1 is 1.20 bits per heavy atom. The number of anilines is 3. The van der Waals surface area contributed by atoms with Crippen molar-refractivity contribution in [2.45, 2.75) is 38.7 Å². The largest absolute Gasteiger partial charge is 0.461 e. The summed E-state index contributed by atoms with van der Waals surface area (Å²) in [5, 5.41) is 7.70. The lowest BCUT2D eigenvalue weighted by molar-refractivity contribution is -0.144. The average molecular weight is 555 g/mol. The number of fused-ring (bicyclic) bond motifs is 1. The molecule has 11 nitrogen and oxygen atoms in total. The van der Waals surface area contributed by atoms with Crippen molar-refractivity contribution in [1.82, 2.24) is 29.3 Å². The molecule has 0 spiro atoms. The number of rotatable bonds is 8. The maximum atomic E-state index is 15.3. The zero-order valence-electron chi connectivity index (χ0n) is 22.5. The third-order valence-corrected chi connectivity index (χ3v) is 6.96. The van der Waals surface area contributed by atoms with Crippen LogP contribution in [0.15, 0.2) is 59.8 Å². The van der Waals surface area contributed by atoms with E-state index in [-0.39, 0.29) is 36.1 Å². The summed E-state index contributed by atoms with van der Waals surface area (Å²) in [7, 11) is 1.78. The third kappa shape index (κ3) is 5.23. The van der Waals surface area contributed by atoms with Gasteiger partial charge in [0.1, 0.15) is 12.4 Å². The van der Waals surface area contributed by atoms with Crippen LogP contribution in [0.3, 0.4) is 0 Å². The Labute approximate surface area is 233 Å². The second kappa shape index (κ2) is 10.5. The van der Waals surface area contributed by atoms with Crippen molar-refractivity contribution in [3.05, 3.63) is 82.3 Å². The van der Waals surface area contributed by atoms with Crippen LogP contribution in [0.1, 0.15) is 43.2 Å². The molecular weight excluding hydrogens is 527 g/mol. The van der Waals surface area contributed by atoms with Crippen LogP contribution in [0.5, 0.6) is 0 Å². The first kappa shape index (κ1) is 26.1. The molecular formula is C29H27FN8O3. The zero-order chi connectivity index (χ0) is 28.7. The van der Waals surface area contributed by atoms with Gasteiger partial charge in [0.25, 0.3) is 5.56 Å². The van der Waals surface area contributed by atoms with Gasteiger partial charge in [0.2, 0.25) is 11.9 Å². The van der Waals surface area contributed by atoms with Gasteiger partial charge in [-0.1, -0.05) is 25.1 Å². The highest BCUT2D eigenvalue weighted by molar-refractivity contribution is 5.84. The Hall–Kier alpha value is -5.13. The molecule has 0 unspecified atom stereocenters. The number of aryl methyl sites for hydroxylation is 1. The smallest absolute Gasteiger partial charge is 0.305 e. The van der Waals surface area contributed by atoms with Crippen LogP contribution in [-0.2, 0) is 23.2 Å². The van der Waals surface area contributed by atoms with Crippen molar-refractivity contribution in [3.63, 3.8) is 0 Å². The number of nitrogens with one attached hydrogen (secondary N) is 1. The van der Waals surface area contributed by atoms with E-state index in [1.807, 2.05) is 6.07 Å². The fourth-order valence-electron chi connectivity index (χ4n) is 4.79. The second-order valence-corrected chi connectivity index (χ2v) is 9.92. The van der Waals surface area contributed by atoms with Gasteiger partial charge in [0, 0.05) is 37.0 Å². The SMILES string of the molecule is CCC(=O)OCc1c(-c2nc(N)nc(Nc3cnn(C)c3)n2)cccc1-n1ccc2cc(C3CC3)cc(F)c2c1=O. The van der Waals surface area contributed by atoms with Gasteiger partial charge in [-0.2, -0.15) is 20.1 Å². The molecule has 0 bridgehead atoms. The molecule has 0 radical (unpaired) electrons. The number of ether oxygens (including phenoxy) is 1. The van der Waals surface area contributed by atoms with Crippen molar-refractivity contribution >= 4 is 34.3 Å². The van der Waals surface area contributed by atoms with Crippen LogP contribution in [0, 0.1) is 5.82 Å². The normalized spacial score (nSPS) is 13.0. The van der Waals surface area contributed by atoms with E-state index in [2.05, 4.69) is 25.4 Å². The summed E-state index contributed by atoms with van der Waals surface area (Å²) in [5.74, 6) is -0.307. The molecule has 3 heterocycles. The quantitative estimate of drug-likeness (QED) is 0.267. The van der Waals surface area contributed by atoms with E-state index >= 15 is 4.39 Å². The van der Waals surface area contributed by atoms with Gasteiger partial charge in [-0.25, -0.2) is 4.39 Å². The Morgan fingerprint density at radius 2 is 2.02 bits per heavy atom. The van der Waals surface area contributed by atoms with Gasteiger partial charge in [-0.15, -0.1) is 0 Å². The molecule has 1 fully saturated rings. The fraction of sp³-hybridized carbons (Fsp3) is 0.241. The minimum Gasteiger partial charge on any atom is -0.461 e. The zero-order valence-corrected chi connectivity index (χ0v) is 22.5. The molecule has 2 aromatic carbocycles. The Morgan fingerprint density at radius 3 is 2.76 bits per heavy atom. The number of carbonyl (C=O) groups excluding carboxylic acids is 1. The van der Waals surface area contributed by atoms with Crippen molar-refractivity contribution < 1.29 is 13.9 Å².